The third-order valence-corrected chi connectivity index (χ3v) is 5.73. The molecule has 1 aliphatic rings. The highest BCUT2D eigenvalue weighted by atomic mass is 35.5. The van der Waals surface area contributed by atoms with Crippen molar-refractivity contribution in [2.45, 2.75) is 32.4 Å². The minimum Gasteiger partial charge on any atom is -0.369 e. The Kier molecular flexibility index (Phi) is 5.69. The molecule has 0 saturated carbocycles. The molecular weight excluding hydrogens is 374 g/mol. The Bertz CT molecular complexity index is 998. The van der Waals surface area contributed by atoms with E-state index < -0.39 is 0 Å². The van der Waals surface area contributed by atoms with Crippen molar-refractivity contribution in [3.63, 3.8) is 0 Å². The summed E-state index contributed by atoms with van der Waals surface area (Å²) in [5.41, 5.74) is 1.85. The fraction of sp³-hybridized carbons (Fsp3) is 0.429. The van der Waals surface area contributed by atoms with E-state index >= 15 is 0 Å². The molecule has 1 aromatic carbocycles. The second kappa shape index (κ2) is 8.37. The van der Waals surface area contributed by atoms with Crippen LogP contribution in [0.25, 0.3) is 5.65 Å². The van der Waals surface area contributed by atoms with Gasteiger partial charge in [-0.15, -0.1) is 5.10 Å². The quantitative estimate of drug-likeness (QED) is 0.597. The fourth-order valence-corrected chi connectivity index (χ4v) is 4.11. The molecule has 0 radical (unpaired) electrons. The number of aryl methyl sites for hydroxylation is 1. The van der Waals surface area contributed by atoms with Gasteiger partial charge in [0.15, 0.2) is 5.65 Å². The van der Waals surface area contributed by atoms with Gasteiger partial charge in [0.25, 0.3) is 0 Å². The number of rotatable bonds is 6. The number of hydrogen-bond donors (Lipinski definition) is 0. The van der Waals surface area contributed by atoms with Crippen LogP contribution in [0.1, 0.15) is 19.8 Å². The third kappa shape index (κ3) is 4.08. The summed E-state index contributed by atoms with van der Waals surface area (Å²) >= 11 is 6.13. The first-order chi connectivity index (χ1) is 13.6. The zero-order valence-corrected chi connectivity index (χ0v) is 16.9. The van der Waals surface area contributed by atoms with E-state index in [1.54, 1.807) is 15.3 Å². The lowest BCUT2D eigenvalue weighted by Crippen LogP contribution is -2.52. The standard InChI is InChI=1S/C21H26ClN5O/c1-17-16-25(19-8-6-7-18(22)15-19)14-13-24(17)10-4-5-12-27-21(28)26-11-3-2-9-20(26)23-27/h2-3,6-9,11,15,17H,4-5,10,12-14,16H2,1H3. The summed E-state index contributed by atoms with van der Waals surface area (Å²) in [4.78, 5) is 17.3. The molecule has 1 aliphatic heterocycles. The van der Waals surface area contributed by atoms with Crippen LogP contribution in [0.2, 0.25) is 5.02 Å². The van der Waals surface area contributed by atoms with Gasteiger partial charge >= 0.3 is 5.69 Å². The highest BCUT2D eigenvalue weighted by Crippen LogP contribution is 2.22. The number of hydrogen-bond acceptors (Lipinski definition) is 4. The van der Waals surface area contributed by atoms with Crippen LogP contribution in [0.3, 0.4) is 0 Å². The summed E-state index contributed by atoms with van der Waals surface area (Å²) in [5, 5.41) is 5.19. The van der Waals surface area contributed by atoms with Gasteiger partial charge in [-0.25, -0.2) is 9.48 Å². The third-order valence-electron chi connectivity index (χ3n) is 5.49. The maximum Gasteiger partial charge on any atom is 0.350 e. The van der Waals surface area contributed by atoms with Crippen LogP contribution >= 0.6 is 11.6 Å². The maximum absolute atomic E-state index is 12.3. The van der Waals surface area contributed by atoms with Gasteiger partial charge in [0.1, 0.15) is 0 Å². The van der Waals surface area contributed by atoms with E-state index in [0.717, 1.165) is 44.0 Å². The van der Waals surface area contributed by atoms with Crippen LogP contribution in [0.4, 0.5) is 5.69 Å². The van der Waals surface area contributed by atoms with Crippen LogP contribution in [0, 0.1) is 0 Å². The van der Waals surface area contributed by atoms with E-state index in [1.165, 1.54) is 5.69 Å². The molecular formula is C21H26ClN5O. The first-order valence-electron chi connectivity index (χ1n) is 9.90. The van der Waals surface area contributed by atoms with Gasteiger partial charge < -0.3 is 4.90 Å². The largest absolute Gasteiger partial charge is 0.369 e. The molecule has 1 saturated heterocycles. The Morgan fingerprint density at radius 1 is 1.11 bits per heavy atom. The number of unbranched alkanes of at least 4 members (excludes halogenated alkanes) is 1. The molecule has 7 heteroatoms. The first kappa shape index (κ1) is 19.0. The zero-order chi connectivity index (χ0) is 19.5. The smallest absolute Gasteiger partial charge is 0.350 e. The number of nitrogens with zero attached hydrogens (tertiary/aromatic N) is 5. The summed E-state index contributed by atoms with van der Waals surface area (Å²) in [5.74, 6) is 0. The predicted molar refractivity (Wildman–Crippen MR) is 113 cm³/mol. The van der Waals surface area contributed by atoms with Crippen molar-refractivity contribution >= 4 is 22.9 Å². The average Bonchev–Trinajstić information content (AvgIpc) is 3.02. The summed E-state index contributed by atoms with van der Waals surface area (Å²) in [6.07, 6.45) is 3.77. The molecule has 3 aromatic rings. The monoisotopic (exact) mass is 399 g/mol. The van der Waals surface area contributed by atoms with E-state index in [-0.39, 0.29) is 5.69 Å². The van der Waals surface area contributed by atoms with Crippen LogP contribution < -0.4 is 10.6 Å². The number of piperazine rings is 1. The number of anilines is 1. The van der Waals surface area contributed by atoms with Gasteiger partial charge in [0, 0.05) is 49.1 Å². The minimum absolute atomic E-state index is 0.0564. The summed E-state index contributed by atoms with van der Waals surface area (Å²) in [6.45, 7) is 7.05. The molecule has 1 fully saturated rings. The van der Waals surface area contributed by atoms with Crippen LogP contribution in [-0.4, -0.2) is 51.3 Å². The molecule has 1 atom stereocenters. The normalized spacial score (nSPS) is 18.1. The second-order valence-electron chi connectivity index (χ2n) is 7.45. The molecule has 0 aliphatic carbocycles. The number of pyridine rings is 1. The highest BCUT2D eigenvalue weighted by Gasteiger charge is 2.23. The number of benzene rings is 1. The van der Waals surface area contributed by atoms with Crippen molar-refractivity contribution in [2.24, 2.45) is 0 Å². The van der Waals surface area contributed by atoms with Crippen molar-refractivity contribution in [2.75, 3.05) is 31.1 Å². The average molecular weight is 400 g/mol. The lowest BCUT2D eigenvalue weighted by molar-refractivity contribution is 0.185. The van der Waals surface area contributed by atoms with Crippen LogP contribution in [-0.2, 0) is 6.54 Å². The molecule has 6 nitrogen and oxygen atoms in total. The second-order valence-corrected chi connectivity index (χ2v) is 7.89. The molecule has 1 unspecified atom stereocenters. The number of fused-ring (bicyclic) bond motifs is 1. The Hall–Kier alpha value is -2.31. The van der Waals surface area contributed by atoms with Crippen molar-refractivity contribution in [3.05, 3.63) is 64.2 Å². The Morgan fingerprint density at radius 3 is 2.75 bits per heavy atom. The topological polar surface area (TPSA) is 45.8 Å². The van der Waals surface area contributed by atoms with Crippen LogP contribution in [0.15, 0.2) is 53.5 Å². The Labute approximate surface area is 169 Å². The molecule has 0 N–H and O–H groups in total. The molecule has 0 bridgehead atoms. The predicted octanol–water partition coefficient (Wildman–Crippen LogP) is 3.14. The highest BCUT2D eigenvalue weighted by molar-refractivity contribution is 6.30. The summed E-state index contributed by atoms with van der Waals surface area (Å²) < 4.78 is 3.17. The van der Waals surface area contributed by atoms with Gasteiger partial charge in [0.2, 0.25) is 0 Å². The molecule has 28 heavy (non-hydrogen) atoms. The van der Waals surface area contributed by atoms with Gasteiger partial charge in [-0.3, -0.25) is 9.30 Å². The Morgan fingerprint density at radius 2 is 1.96 bits per heavy atom. The van der Waals surface area contributed by atoms with Crippen molar-refractivity contribution < 1.29 is 0 Å². The van der Waals surface area contributed by atoms with E-state index in [2.05, 4.69) is 27.9 Å². The van der Waals surface area contributed by atoms with Gasteiger partial charge in [-0.2, -0.15) is 0 Å². The molecule has 4 rings (SSSR count). The Balaban J connectivity index is 1.26. The van der Waals surface area contributed by atoms with Crippen LogP contribution in [0.5, 0.6) is 0 Å². The molecule has 3 heterocycles. The lowest BCUT2D eigenvalue weighted by atomic mass is 10.1. The number of halogens is 1. The van der Waals surface area contributed by atoms with Gasteiger partial charge in [0.05, 0.1) is 0 Å². The fourth-order valence-electron chi connectivity index (χ4n) is 3.93. The van der Waals surface area contributed by atoms with Gasteiger partial charge in [-0.05, 0) is 56.6 Å². The molecule has 0 amide bonds. The lowest BCUT2D eigenvalue weighted by Gasteiger charge is -2.41. The summed E-state index contributed by atoms with van der Waals surface area (Å²) in [6, 6.07) is 14.2. The minimum atomic E-state index is -0.0564. The van der Waals surface area contributed by atoms with E-state index in [9.17, 15) is 4.79 Å². The van der Waals surface area contributed by atoms with E-state index in [4.69, 9.17) is 11.6 Å². The van der Waals surface area contributed by atoms with E-state index in [0.29, 0.717) is 18.2 Å². The van der Waals surface area contributed by atoms with Crippen molar-refractivity contribution in [1.82, 2.24) is 19.1 Å². The van der Waals surface area contributed by atoms with Gasteiger partial charge in [-0.1, -0.05) is 23.7 Å². The number of aromatic nitrogens is 3. The molecule has 2 aromatic heterocycles. The molecule has 148 valence electrons. The maximum atomic E-state index is 12.3. The first-order valence-corrected chi connectivity index (χ1v) is 10.3. The van der Waals surface area contributed by atoms with Crippen molar-refractivity contribution in [1.29, 1.82) is 0 Å². The summed E-state index contributed by atoms with van der Waals surface area (Å²) in [7, 11) is 0. The van der Waals surface area contributed by atoms with E-state index in [1.807, 2.05) is 36.4 Å². The van der Waals surface area contributed by atoms with Crippen molar-refractivity contribution in [3.8, 4) is 0 Å². The SMILES string of the molecule is CC1CN(c2cccc(Cl)c2)CCN1CCCCn1nc2ccccn2c1=O. The zero-order valence-electron chi connectivity index (χ0n) is 16.2. The molecule has 0 spiro atoms.